The highest BCUT2D eigenvalue weighted by molar-refractivity contribution is 7.92. The molecule has 7 nitrogen and oxygen atoms in total. The van der Waals surface area contributed by atoms with Crippen molar-refractivity contribution in [2.45, 2.75) is 11.8 Å². The summed E-state index contributed by atoms with van der Waals surface area (Å²) in [5, 5.41) is 9.33. The maximum Gasteiger partial charge on any atom is 0.265 e. The van der Waals surface area contributed by atoms with E-state index in [1.165, 1.54) is 19.3 Å². The molecule has 1 aliphatic rings. The van der Waals surface area contributed by atoms with E-state index in [0.29, 0.717) is 24.5 Å². The number of sulfonamides is 1. The van der Waals surface area contributed by atoms with Gasteiger partial charge in [0.2, 0.25) is 0 Å². The number of aryl methyl sites for hydroxylation is 1. The minimum atomic E-state index is -3.86. The summed E-state index contributed by atoms with van der Waals surface area (Å²) in [5.74, 6) is 0.788. The van der Waals surface area contributed by atoms with E-state index < -0.39 is 10.0 Å². The first-order valence-electron chi connectivity index (χ1n) is 8.22. The molecule has 0 amide bonds. The molecule has 0 aliphatic carbocycles. The van der Waals surface area contributed by atoms with Gasteiger partial charge < -0.3 is 9.64 Å². The minimum absolute atomic E-state index is 0.000226. The van der Waals surface area contributed by atoms with Gasteiger partial charge in [-0.3, -0.25) is 4.31 Å². The van der Waals surface area contributed by atoms with Crippen LogP contribution < -0.4 is 9.21 Å². The number of pyridine rings is 1. The highest BCUT2D eigenvalue weighted by atomic mass is 32.2. The van der Waals surface area contributed by atoms with E-state index in [2.05, 4.69) is 9.88 Å². The van der Waals surface area contributed by atoms with Crippen molar-refractivity contribution >= 4 is 21.5 Å². The van der Waals surface area contributed by atoms with E-state index in [0.717, 1.165) is 23.2 Å². The number of anilines is 2. The molecule has 0 N–H and O–H groups in total. The van der Waals surface area contributed by atoms with Crippen molar-refractivity contribution in [3.63, 3.8) is 0 Å². The van der Waals surface area contributed by atoms with Crippen LogP contribution in [0.2, 0.25) is 0 Å². The first-order valence-corrected chi connectivity index (χ1v) is 9.66. The van der Waals surface area contributed by atoms with Gasteiger partial charge in [0, 0.05) is 20.1 Å². The van der Waals surface area contributed by atoms with Crippen molar-refractivity contribution in [2.24, 2.45) is 0 Å². The lowest BCUT2D eigenvalue weighted by Crippen LogP contribution is -2.36. The van der Waals surface area contributed by atoms with E-state index in [9.17, 15) is 13.7 Å². The summed E-state index contributed by atoms with van der Waals surface area (Å²) >= 11 is 0. The van der Waals surface area contributed by atoms with Gasteiger partial charge in [0.15, 0.2) is 0 Å². The summed E-state index contributed by atoms with van der Waals surface area (Å²) in [4.78, 5) is 6.48. The molecule has 136 valence electrons. The predicted octanol–water partition coefficient (Wildman–Crippen LogP) is 1.92. The molecule has 1 aliphatic heterocycles. The number of ether oxygens (including phenoxy) is 1. The standard InChI is InChI=1S/C18H20N4O3S/c1-14-4-3-5-17(16(14)12-19)26(23,24)21(2)15-6-7-18(20-13-15)22-8-10-25-11-9-22/h3-7,13H,8-11H2,1-2H3. The third-order valence-electron chi connectivity index (χ3n) is 4.42. The first-order chi connectivity index (χ1) is 12.4. The van der Waals surface area contributed by atoms with Gasteiger partial charge in [0.05, 0.1) is 30.7 Å². The van der Waals surface area contributed by atoms with Crippen LogP contribution in [-0.2, 0) is 14.8 Å². The predicted molar refractivity (Wildman–Crippen MR) is 98.8 cm³/mol. The molecule has 0 saturated carbocycles. The summed E-state index contributed by atoms with van der Waals surface area (Å²) in [6.07, 6.45) is 1.53. The highest BCUT2D eigenvalue weighted by Gasteiger charge is 2.25. The molecule has 8 heteroatoms. The third kappa shape index (κ3) is 3.36. The van der Waals surface area contributed by atoms with Crippen molar-refractivity contribution in [1.29, 1.82) is 5.26 Å². The molecular formula is C18H20N4O3S. The Balaban J connectivity index is 1.90. The largest absolute Gasteiger partial charge is 0.378 e. The van der Waals surface area contributed by atoms with Gasteiger partial charge in [-0.15, -0.1) is 0 Å². The normalized spacial score (nSPS) is 14.7. The third-order valence-corrected chi connectivity index (χ3v) is 6.24. The van der Waals surface area contributed by atoms with Crippen molar-refractivity contribution in [1.82, 2.24) is 4.98 Å². The first kappa shape index (κ1) is 18.2. The summed E-state index contributed by atoms with van der Waals surface area (Å²) in [5.41, 5.74) is 1.23. The summed E-state index contributed by atoms with van der Waals surface area (Å²) in [7, 11) is -2.40. The van der Waals surface area contributed by atoms with Crippen LogP contribution in [0.25, 0.3) is 0 Å². The van der Waals surface area contributed by atoms with Gasteiger partial charge in [-0.25, -0.2) is 13.4 Å². The van der Waals surface area contributed by atoms with E-state index >= 15 is 0 Å². The second-order valence-corrected chi connectivity index (χ2v) is 7.94. The topological polar surface area (TPSA) is 86.5 Å². The van der Waals surface area contributed by atoms with Gasteiger partial charge in [0.1, 0.15) is 16.8 Å². The van der Waals surface area contributed by atoms with E-state index in [1.807, 2.05) is 6.07 Å². The molecule has 1 aromatic heterocycles. The Kier molecular flexibility index (Phi) is 5.11. The van der Waals surface area contributed by atoms with Crippen LogP contribution in [0.3, 0.4) is 0 Å². The fraction of sp³-hybridized carbons (Fsp3) is 0.333. The van der Waals surface area contributed by atoms with Gasteiger partial charge in [-0.2, -0.15) is 5.26 Å². The number of rotatable bonds is 4. The van der Waals surface area contributed by atoms with E-state index in [-0.39, 0.29) is 10.5 Å². The number of hydrogen-bond acceptors (Lipinski definition) is 6. The maximum atomic E-state index is 13.0. The van der Waals surface area contributed by atoms with Gasteiger partial charge in [0.25, 0.3) is 10.0 Å². The molecule has 0 bridgehead atoms. The molecule has 0 spiro atoms. The Labute approximate surface area is 153 Å². The lowest BCUT2D eigenvalue weighted by atomic mass is 10.1. The average molecular weight is 372 g/mol. The monoisotopic (exact) mass is 372 g/mol. The fourth-order valence-corrected chi connectivity index (χ4v) is 4.23. The fourth-order valence-electron chi connectivity index (χ4n) is 2.83. The van der Waals surface area contributed by atoms with Gasteiger partial charge in [-0.05, 0) is 30.7 Å². The molecule has 26 heavy (non-hydrogen) atoms. The second-order valence-electron chi connectivity index (χ2n) is 6.01. The molecule has 0 atom stereocenters. The van der Waals surface area contributed by atoms with Crippen molar-refractivity contribution in [2.75, 3.05) is 42.6 Å². The summed E-state index contributed by atoms with van der Waals surface area (Å²) < 4.78 is 32.4. The highest BCUT2D eigenvalue weighted by Crippen LogP contribution is 2.26. The van der Waals surface area contributed by atoms with E-state index in [1.54, 1.807) is 31.2 Å². The van der Waals surface area contributed by atoms with Crippen LogP contribution >= 0.6 is 0 Å². The molecule has 1 aromatic carbocycles. The second kappa shape index (κ2) is 7.32. The number of nitrogens with zero attached hydrogens (tertiary/aromatic N) is 4. The van der Waals surface area contributed by atoms with Crippen LogP contribution in [0.15, 0.2) is 41.4 Å². The number of aromatic nitrogens is 1. The van der Waals surface area contributed by atoms with Crippen molar-refractivity contribution in [3.8, 4) is 6.07 Å². The summed E-state index contributed by atoms with van der Waals surface area (Å²) in [6.45, 7) is 4.55. The molecule has 2 aromatic rings. The van der Waals surface area contributed by atoms with Crippen molar-refractivity contribution in [3.05, 3.63) is 47.7 Å². The van der Waals surface area contributed by atoms with Crippen LogP contribution in [0, 0.1) is 18.3 Å². The lowest BCUT2D eigenvalue weighted by molar-refractivity contribution is 0.122. The lowest BCUT2D eigenvalue weighted by Gasteiger charge is -2.28. The van der Waals surface area contributed by atoms with Gasteiger partial charge in [-0.1, -0.05) is 12.1 Å². The minimum Gasteiger partial charge on any atom is -0.378 e. The molecule has 0 radical (unpaired) electrons. The number of hydrogen-bond donors (Lipinski definition) is 0. The molecule has 1 fully saturated rings. The van der Waals surface area contributed by atoms with Crippen LogP contribution in [-0.4, -0.2) is 46.8 Å². The molecular weight excluding hydrogens is 352 g/mol. The molecule has 3 rings (SSSR count). The van der Waals surface area contributed by atoms with Crippen LogP contribution in [0.4, 0.5) is 11.5 Å². The molecule has 1 saturated heterocycles. The Morgan fingerprint density at radius 1 is 1.23 bits per heavy atom. The van der Waals surface area contributed by atoms with Crippen LogP contribution in [0.5, 0.6) is 0 Å². The Hall–Kier alpha value is -2.63. The van der Waals surface area contributed by atoms with Crippen molar-refractivity contribution < 1.29 is 13.2 Å². The van der Waals surface area contributed by atoms with Crippen LogP contribution in [0.1, 0.15) is 11.1 Å². The summed E-state index contributed by atoms with van der Waals surface area (Å²) in [6, 6.07) is 10.3. The number of nitriles is 1. The zero-order chi connectivity index (χ0) is 18.7. The number of benzene rings is 1. The average Bonchev–Trinajstić information content (AvgIpc) is 2.68. The zero-order valence-electron chi connectivity index (χ0n) is 14.7. The van der Waals surface area contributed by atoms with E-state index in [4.69, 9.17) is 4.74 Å². The number of morpholine rings is 1. The van der Waals surface area contributed by atoms with Gasteiger partial charge >= 0.3 is 0 Å². The smallest absolute Gasteiger partial charge is 0.265 e. The molecule has 2 heterocycles. The SMILES string of the molecule is Cc1cccc(S(=O)(=O)N(C)c2ccc(N3CCOCC3)nc2)c1C#N. The Morgan fingerprint density at radius 2 is 1.96 bits per heavy atom. The Morgan fingerprint density at radius 3 is 2.58 bits per heavy atom. The molecule has 0 unspecified atom stereocenters. The maximum absolute atomic E-state index is 13.0. The quantitative estimate of drug-likeness (QED) is 0.815. The Bertz CT molecular complexity index is 930. The zero-order valence-corrected chi connectivity index (χ0v) is 15.5.